The molecule has 0 amide bonds. The number of nitrogens with one attached hydrogen (secondary N) is 1. The molecule has 0 spiro atoms. The van der Waals surface area contributed by atoms with Crippen LogP contribution in [0, 0.1) is 0 Å². The van der Waals surface area contributed by atoms with Crippen LogP contribution in [0.25, 0.3) is 0 Å². The van der Waals surface area contributed by atoms with Gasteiger partial charge in [0.05, 0.1) is 18.3 Å². The maximum absolute atomic E-state index is 6.17. The van der Waals surface area contributed by atoms with Crippen molar-refractivity contribution in [2.75, 3.05) is 5.32 Å². The second-order valence-corrected chi connectivity index (χ2v) is 6.56. The van der Waals surface area contributed by atoms with Crippen molar-refractivity contribution in [3.8, 4) is 0 Å². The molecular formula is C15H22ClNO2S. The van der Waals surface area contributed by atoms with Gasteiger partial charge in [-0.15, -0.1) is 0 Å². The van der Waals surface area contributed by atoms with Gasteiger partial charge in [-0.1, -0.05) is 11.6 Å². The van der Waals surface area contributed by atoms with Gasteiger partial charge in [-0.3, -0.25) is 0 Å². The molecule has 0 unspecified atom stereocenters. The van der Waals surface area contributed by atoms with Crippen molar-refractivity contribution in [2.45, 2.75) is 52.9 Å². The normalized spacial score (nSPS) is 11.6. The van der Waals surface area contributed by atoms with Crippen molar-refractivity contribution in [2.24, 2.45) is 0 Å². The molecule has 1 aromatic rings. The topological polar surface area (TPSA) is 30.5 Å². The first-order valence-electron chi connectivity index (χ1n) is 6.57. The van der Waals surface area contributed by atoms with Crippen LogP contribution in [0.3, 0.4) is 0 Å². The van der Waals surface area contributed by atoms with Crippen LogP contribution in [0.5, 0.6) is 0 Å². The van der Waals surface area contributed by atoms with Crippen molar-refractivity contribution < 1.29 is 9.47 Å². The van der Waals surface area contributed by atoms with Crippen molar-refractivity contribution in [1.29, 1.82) is 0 Å². The minimum atomic E-state index is -0.206. The van der Waals surface area contributed by atoms with Crippen LogP contribution in [0.4, 0.5) is 5.69 Å². The second kappa shape index (κ2) is 7.25. The zero-order valence-corrected chi connectivity index (χ0v) is 14.2. The zero-order valence-electron chi connectivity index (χ0n) is 12.6. The summed E-state index contributed by atoms with van der Waals surface area (Å²) < 4.78 is 11.1. The molecule has 3 nitrogen and oxygen atoms in total. The minimum Gasteiger partial charge on any atom is -0.468 e. The van der Waals surface area contributed by atoms with Gasteiger partial charge in [0, 0.05) is 10.7 Å². The van der Waals surface area contributed by atoms with Gasteiger partial charge in [-0.05, 0) is 70.6 Å². The Kier molecular flexibility index (Phi) is 6.24. The molecule has 112 valence electrons. The molecule has 5 heteroatoms. The summed E-state index contributed by atoms with van der Waals surface area (Å²) >= 11 is 11.3. The standard InChI is InChI=1S/C15H22ClNO2S/c1-10(2)19-14(20)17-12-6-7-13(16)11(8-12)9-18-15(3,4)5/h6-8,10H,9H2,1-5H3,(H,17,20). The molecule has 0 atom stereocenters. The third kappa shape index (κ3) is 6.55. The van der Waals surface area contributed by atoms with Gasteiger partial charge < -0.3 is 14.8 Å². The van der Waals surface area contributed by atoms with E-state index < -0.39 is 0 Å². The zero-order chi connectivity index (χ0) is 15.3. The fraction of sp³-hybridized carbons (Fsp3) is 0.533. The van der Waals surface area contributed by atoms with E-state index >= 15 is 0 Å². The van der Waals surface area contributed by atoms with Crippen LogP contribution >= 0.6 is 23.8 Å². The highest BCUT2D eigenvalue weighted by Gasteiger charge is 2.12. The first-order valence-corrected chi connectivity index (χ1v) is 7.36. The molecule has 0 bridgehead atoms. The number of ether oxygens (including phenoxy) is 2. The number of hydrogen-bond donors (Lipinski definition) is 1. The number of hydrogen-bond acceptors (Lipinski definition) is 3. The summed E-state index contributed by atoms with van der Waals surface area (Å²) in [7, 11) is 0. The second-order valence-electron chi connectivity index (χ2n) is 5.79. The average molecular weight is 316 g/mol. The van der Waals surface area contributed by atoms with Crippen molar-refractivity contribution in [3.63, 3.8) is 0 Å². The Balaban J connectivity index is 2.73. The Morgan fingerprint density at radius 2 is 2.00 bits per heavy atom. The lowest BCUT2D eigenvalue weighted by molar-refractivity contribution is -0.0149. The van der Waals surface area contributed by atoms with E-state index in [0.717, 1.165) is 11.3 Å². The molecule has 20 heavy (non-hydrogen) atoms. The van der Waals surface area contributed by atoms with Crippen LogP contribution in [0.1, 0.15) is 40.2 Å². The van der Waals surface area contributed by atoms with E-state index in [-0.39, 0.29) is 11.7 Å². The number of rotatable bonds is 4. The molecule has 1 aromatic carbocycles. The van der Waals surface area contributed by atoms with Crippen LogP contribution in [0.2, 0.25) is 5.02 Å². The largest absolute Gasteiger partial charge is 0.468 e. The lowest BCUT2D eigenvalue weighted by Gasteiger charge is -2.20. The lowest BCUT2D eigenvalue weighted by Crippen LogP contribution is -2.19. The van der Waals surface area contributed by atoms with E-state index in [2.05, 4.69) is 5.32 Å². The maximum atomic E-state index is 6.17. The van der Waals surface area contributed by atoms with Gasteiger partial charge in [-0.2, -0.15) is 0 Å². The SMILES string of the molecule is CC(C)OC(=S)Nc1ccc(Cl)c(COC(C)(C)C)c1. The predicted molar refractivity (Wildman–Crippen MR) is 88.4 cm³/mol. The monoisotopic (exact) mass is 315 g/mol. The summed E-state index contributed by atoms with van der Waals surface area (Å²) in [6.07, 6.45) is 0.0472. The summed E-state index contributed by atoms with van der Waals surface area (Å²) in [6, 6.07) is 5.60. The van der Waals surface area contributed by atoms with Gasteiger partial charge in [-0.25, -0.2) is 0 Å². The number of thiocarbonyl (C=S) groups is 1. The Labute approximate surface area is 131 Å². The summed E-state index contributed by atoms with van der Waals surface area (Å²) in [5.41, 5.74) is 1.55. The van der Waals surface area contributed by atoms with E-state index in [9.17, 15) is 0 Å². The summed E-state index contributed by atoms with van der Waals surface area (Å²) in [5, 5.41) is 4.06. The highest BCUT2D eigenvalue weighted by molar-refractivity contribution is 7.80. The molecule has 0 saturated carbocycles. The van der Waals surface area contributed by atoms with Crippen LogP contribution in [-0.2, 0) is 16.1 Å². The highest BCUT2D eigenvalue weighted by atomic mass is 35.5. The molecule has 0 saturated heterocycles. The van der Waals surface area contributed by atoms with Crippen LogP contribution in [0.15, 0.2) is 18.2 Å². The number of benzene rings is 1. The van der Waals surface area contributed by atoms with Gasteiger partial charge in [0.15, 0.2) is 0 Å². The van der Waals surface area contributed by atoms with E-state index in [0.29, 0.717) is 16.8 Å². The summed E-state index contributed by atoms with van der Waals surface area (Å²) in [6.45, 7) is 10.3. The Morgan fingerprint density at radius 1 is 1.35 bits per heavy atom. The molecule has 0 radical (unpaired) electrons. The molecule has 0 aliphatic heterocycles. The number of halogens is 1. The molecule has 1 N–H and O–H groups in total. The van der Waals surface area contributed by atoms with Gasteiger partial charge in [0.1, 0.15) is 0 Å². The lowest BCUT2D eigenvalue weighted by atomic mass is 10.1. The Hall–Kier alpha value is -0.840. The first kappa shape index (κ1) is 17.2. The Morgan fingerprint density at radius 3 is 2.55 bits per heavy atom. The van der Waals surface area contributed by atoms with Crippen molar-refractivity contribution in [1.82, 2.24) is 0 Å². The first-order chi connectivity index (χ1) is 9.17. The summed E-state index contributed by atoms with van der Waals surface area (Å²) in [5.74, 6) is 0. The van der Waals surface area contributed by atoms with E-state index in [1.807, 2.05) is 52.8 Å². The highest BCUT2D eigenvalue weighted by Crippen LogP contribution is 2.23. The maximum Gasteiger partial charge on any atom is 0.261 e. The fourth-order valence-electron chi connectivity index (χ4n) is 1.42. The molecular weight excluding hydrogens is 294 g/mol. The van der Waals surface area contributed by atoms with Gasteiger partial charge >= 0.3 is 0 Å². The smallest absolute Gasteiger partial charge is 0.261 e. The molecule has 0 aliphatic carbocycles. The van der Waals surface area contributed by atoms with Crippen molar-refractivity contribution >= 4 is 34.7 Å². The third-order valence-electron chi connectivity index (χ3n) is 2.30. The van der Waals surface area contributed by atoms with Gasteiger partial charge in [0.2, 0.25) is 0 Å². The molecule has 1 rings (SSSR count). The molecule has 0 aromatic heterocycles. The van der Waals surface area contributed by atoms with E-state index in [4.69, 9.17) is 33.3 Å². The molecule has 0 fully saturated rings. The van der Waals surface area contributed by atoms with E-state index in [1.54, 1.807) is 0 Å². The minimum absolute atomic E-state index is 0.0472. The fourth-order valence-corrected chi connectivity index (χ4v) is 1.90. The third-order valence-corrected chi connectivity index (χ3v) is 2.86. The number of anilines is 1. The van der Waals surface area contributed by atoms with E-state index in [1.165, 1.54) is 0 Å². The van der Waals surface area contributed by atoms with Crippen LogP contribution < -0.4 is 5.32 Å². The predicted octanol–water partition coefficient (Wildman–Crippen LogP) is 4.78. The molecule has 0 aliphatic rings. The van der Waals surface area contributed by atoms with Crippen LogP contribution in [-0.4, -0.2) is 16.9 Å². The molecule has 0 heterocycles. The average Bonchev–Trinajstić information content (AvgIpc) is 2.27. The van der Waals surface area contributed by atoms with Crippen molar-refractivity contribution in [3.05, 3.63) is 28.8 Å². The Bertz CT molecular complexity index is 469. The van der Waals surface area contributed by atoms with Gasteiger partial charge in [0.25, 0.3) is 5.17 Å². The quantitative estimate of drug-likeness (QED) is 0.810. The summed E-state index contributed by atoms with van der Waals surface area (Å²) in [4.78, 5) is 0.